The van der Waals surface area contributed by atoms with Crippen LogP contribution in [0.2, 0.25) is 0 Å². The molecule has 0 aliphatic heterocycles. The maximum absolute atomic E-state index is 13.7. The van der Waals surface area contributed by atoms with Gasteiger partial charge in [-0.3, -0.25) is 9.59 Å². The second kappa shape index (κ2) is 13.3. The van der Waals surface area contributed by atoms with Gasteiger partial charge in [0, 0.05) is 19.0 Å². The number of benzene rings is 3. The Labute approximate surface area is 214 Å². The van der Waals surface area contributed by atoms with Crippen molar-refractivity contribution in [1.29, 1.82) is 0 Å². The zero-order valence-electron chi connectivity index (χ0n) is 21.6. The van der Waals surface area contributed by atoms with Crippen LogP contribution in [0.25, 0.3) is 0 Å². The van der Waals surface area contributed by atoms with Crippen molar-refractivity contribution >= 4 is 11.8 Å². The molecular formula is C30H36N2O4. The molecule has 0 saturated heterocycles. The van der Waals surface area contributed by atoms with E-state index in [-0.39, 0.29) is 31.0 Å². The summed E-state index contributed by atoms with van der Waals surface area (Å²) in [6, 6.07) is 24.2. The number of methoxy groups -OCH3 is 1. The third-order valence-electron chi connectivity index (χ3n) is 6.20. The number of carbonyl (C=O) groups excluding carboxylic acids is 2. The summed E-state index contributed by atoms with van der Waals surface area (Å²) in [5.74, 6) is 0.900. The number of nitrogens with zero attached hydrogens (tertiary/aromatic N) is 1. The van der Waals surface area contributed by atoms with Gasteiger partial charge in [-0.2, -0.15) is 0 Å². The molecule has 6 nitrogen and oxygen atoms in total. The zero-order chi connectivity index (χ0) is 25.9. The molecule has 3 aromatic carbocycles. The van der Waals surface area contributed by atoms with Gasteiger partial charge in [0.25, 0.3) is 5.91 Å². The van der Waals surface area contributed by atoms with Crippen molar-refractivity contribution in [2.24, 2.45) is 0 Å². The second-order valence-corrected chi connectivity index (χ2v) is 8.95. The molecule has 6 heteroatoms. The summed E-state index contributed by atoms with van der Waals surface area (Å²) in [7, 11) is 1.61. The van der Waals surface area contributed by atoms with Crippen LogP contribution >= 0.6 is 0 Å². The summed E-state index contributed by atoms with van der Waals surface area (Å²) in [6.07, 6.45) is 1.19. The van der Waals surface area contributed by atoms with Crippen molar-refractivity contribution < 1.29 is 19.1 Å². The van der Waals surface area contributed by atoms with E-state index in [0.29, 0.717) is 17.9 Å². The van der Waals surface area contributed by atoms with Crippen molar-refractivity contribution in [3.8, 4) is 11.5 Å². The predicted molar refractivity (Wildman–Crippen MR) is 142 cm³/mol. The highest BCUT2D eigenvalue weighted by atomic mass is 16.5. The first-order valence-corrected chi connectivity index (χ1v) is 12.4. The zero-order valence-corrected chi connectivity index (χ0v) is 21.6. The molecular weight excluding hydrogens is 452 g/mol. The van der Waals surface area contributed by atoms with Crippen LogP contribution in [0.15, 0.2) is 78.9 Å². The lowest BCUT2D eigenvalue weighted by Crippen LogP contribution is -2.53. The smallest absolute Gasteiger partial charge is 0.261 e. The molecule has 0 bridgehead atoms. The number of ether oxygens (including phenoxy) is 2. The van der Waals surface area contributed by atoms with Crippen molar-refractivity contribution in [2.45, 2.75) is 52.2 Å². The number of hydrogen-bond acceptors (Lipinski definition) is 4. The Morgan fingerprint density at radius 3 is 2.33 bits per heavy atom. The first kappa shape index (κ1) is 26.8. The molecule has 0 radical (unpaired) electrons. The maximum Gasteiger partial charge on any atom is 0.261 e. The van der Waals surface area contributed by atoms with E-state index in [0.717, 1.165) is 23.1 Å². The SMILES string of the molecule is CC[C@H](C)NC(=O)[C@H](Cc1ccccc1)N(Cc1cccc(OC)c1)C(=O)COc1ccccc1C. The lowest BCUT2D eigenvalue weighted by atomic mass is 10.0. The van der Waals surface area contributed by atoms with Gasteiger partial charge in [-0.05, 0) is 55.2 Å². The Balaban J connectivity index is 1.94. The van der Waals surface area contributed by atoms with E-state index in [2.05, 4.69) is 5.32 Å². The standard InChI is InChI=1S/C30H36N2O4/c1-5-23(3)31-30(34)27(19-24-13-7-6-8-14-24)32(20-25-15-11-16-26(18-25)35-4)29(33)21-36-28-17-10-9-12-22(28)2/h6-18,23,27H,5,19-21H2,1-4H3,(H,31,34)/t23-,27-/m0/s1. The Bertz CT molecular complexity index is 1130. The van der Waals surface area contributed by atoms with Crippen LogP contribution in [-0.2, 0) is 22.6 Å². The summed E-state index contributed by atoms with van der Waals surface area (Å²) < 4.78 is 11.3. The van der Waals surface area contributed by atoms with Crippen LogP contribution in [0.3, 0.4) is 0 Å². The summed E-state index contributed by atoms with van der Waals surface area (Å²) in [4.78, 5) is 28.8. The molecule has 3 rings (SSSR count). The number of aryl methyl sites for hydroxylation is 1. The topological polar surface area (TPSA) is 67.9 Å². The molecule has 0 aliphatic rings. The number of hydrogen-bond donors (Lipinski definition) is 1. The molecule has 0 aromatic heterocycles. The van der Waals surface area contributed by atoms with Crippen LogP contribution in [0.4, 0.5) is 0 Å². The number of rotatable bonds is 12. The lowest BCUT2D eigenvalue weighted by Gasteiger charge is -2.32. The van der Waals surface area contributed by atoms with E-state index in [1.807, 2.05) is 99.6 Å². The highest BCUT2D eigenvalue weighted by Crippen LogP contribution is 2.20. The fourth-order valence-corrected chi connectivity index (χ4v) is 3.90. The fraction of sp³-hybridized carbons (Fsp3) is 0.333. The third-order valence-corrected chi connectivity index (χ3v) is 6.20. The van der Waals surface area contributed by atoms with Gasteiger partial charge in [0.2, 0.25) is 5.91 Å². The molecule has 190 valence electrons. The van der Waals surface area contributed by atoms with Gasteiger partial charge >= 0.3 is 0 Å². The molecule has 0 aliphatic carbocycles. The number of carbonyl (C=O) groups is 2. The highest BCUT2D eigenvalue weighted by molar-refractivity contribution is 5.88. The first-order valence-electron chi connectivity index (χ1n) is 12.4. The van der Waals surface area contributed by atoms with Gasteiger partial charge in [0.15, 0.2) is 6.61 Å². The van der Waals surface area contributed by atoms with Crippen molar-refractivity contribution in [3.05, 3.63) is 95.6 Å². The van der Waals surface area contributed by atoms with Crippen LogP contribution < -0.4 is 14.8 Å². The monoisotopic (exact) mass is 488 g/mol. The molecule has 2 atom stereocenters. The fourth-order valence-electron chi connectivity index (χ4n) is 3.90. The number of nitrogens with one attached hydrogen (secondary N) is 1. The Hall–Kier alpha value is -3.80. The minimum Gasteiger partial charge on any atom is -0.497 e. The van der Waals surface area contributed by atoms with Gasteiger partial charge in [-0.1, -0.05) is 67.6 Å². The van der Waals surface area contributed by atoms with Crippen molar-refractivity contribution in [3.63, 3.8) is 0 Å². The Morgan fingerprint density at radius 2 is 1.64 bits per heavy atom. The van der Waals surface area contributed by atoms with Gasteiger partial charge in [0.1, 0.15) is 17.5 Å². The van der Waals surface area contributed by atoms with E-state index in [1.54, 1.807) is 12.0 Å². The molecule has 2 amide bonds. The van der Waals surface area contributed by atoms with Gasteiger partial charge in [0.05, 0.1) is 7.11 Å². The van der Waals surface area contributed by atoms with E-state index in [1.165, 1.54) is 0 Å². The molecule has 36 heavy (non-hydrogen) atoms. The lowest BCUT2D eigenvalue weighted by molar-refractivity contribution is -0.143. The van der Waals surface area contributed by atoms with E-state index >= 15 is 0 Å². The summed E-state index contributed by atoms with van der Waals surface area (Å²) in [6.45, 7) is 6.00. The van der Waals surface area contributed by atoms with E-state index < -0.39 is 6.04 Å². The summed E-state index contributed by atoms with van der Waals surface area (Å²) in [5, 5.41) is 3.08. The van der Waals surface area contributed by atoms with Gasteiger partial charge in [-0.15, -0.1) is 0 Å². The second-order valence-electron chi connectivity index (χ2n) is 8.95. The molecule has 0 fully saturated rings. The molecule has 1 N–H and O–H groups in total. The van der Waals surface area contributed by atoms with Crippen LogP contribution in [0, 0.1) is 6.92 Å². The largest absolute Gasteiger partial charge is 0.497 e. The average molecular weight is 489 g/mol. The molecule has 0 heterocycles. The number of para-hydroxylation sites is 1. The summed E-state index contributed by atoms with van der Waals surface area (Å²) in [5.41, 5.74) is 2.79. The van der Waals surface area contributed by atoms with E-state index in [9.17, 15) is 9.59 Å². The number of amides is 2. The molecule has 0 spiro atoms. The van der Waals surface area contributed by atoms with E-state index in [4.69, 9.17) is 9.47 Å². The van der Waals surface area contributed by atoms with Crippen LogP contribution in [-0.4, -0.2) is 42.5 Å². The van der Waals surface area contributed by atoms with Crippen molar-refractivity contribution in [1.82, 2.24) is 10.2 Å². The minimum atomic E-state index is -0.708. The average Bonchev–Trinajstić information content (AvgIpc) is 2.90. The molecule has 3 aromatic rings. The predicted octanol–water partition coefficient (Wildman–Crippen LogP) is 4.94. The molecule has 0 unspecified atom stereocenters. The Kier molecular flexibility index (Phi) is 9.92. The highest BCUT2D eigenvalue weighted by Gasteiger charge is 2.31. The van der Waals surface area contributed by atoms with Gasteiger partial charge in [-0.25, -0.2) is 0 Å². The van der Waals surface area contributed by atoms with Gasteiger partial charge < -0.3 is 19.7 Å². The minimum absolute atomic E-state index is 0.00670. The Morgan fingerprint density at radius 1 is 0.944 bits per heavy atom. The third kappa shape index (κ3) is 7.60. The van der Waals surface area contributed by atoms with Crippen molar-refractivity contribution in [2.75, 3.05) is 13.7 Å². The summed E-state index contributed by atoms with van der Waals surface area (Å²) >= 11 is 0. The quantitative estimate of drug-likeness (QED) is 0.392. The molecule has 0 saturated carbocycles. The van der Waals surface area contributed by atoms with Crippen LogP contribution in [0.5, 0.6) is 11.5 Å². The maximum atomic E-state index is 13.7. The normalized spacial score (nSPS) is 12.3. The first-order chi connectivity index (χ1) is 17.4. The van der Waals surface area contributed by atoms with Crippen LogP contribution in [0.1, 0.15) is 37.0 Å².